The maximum Gasteiger partial charge on any atom is 0.217 e. The van der Waals surface area contributed by atoms with Gasteiger partial charge in [0.1, 0.15) is 0 Å². The second-order valence-corrected chi connectivity index (χ2v) is 6.60. The largest absolute Gasteiger partial charge is 0.396 e. The highest BCUT2D eigenvalue weighted by molar-refractivity contribution is 5.73. The molecule has 4 heteroatoms. The Morgan fingerprint density at radius 3 is 2.30 bits per heavy atom. The molecule has 0 saturated heterocycles. The van der Waals surface area contributed by atoms with Crippen molar-refractivity contribution in [3.63, 3.8) is 0 Å². The van der Waals surface area contributed by atoms with Gasteiger partial charge in [0, 0.05) is 31.7 Å². The lowest BCUT2D eigenvalue weighted by molar-refractivity contribution is -0.119. The first kappa shape index (κ1) is 15.8. The number of nitrogens with one attached hydrogen (secondary N) is 2. The maximum absolute atomic E-state index is 11.1. The summed E-state index contributed by atoms with van der Waals surface area (Å²) in [6, 6.07) is 1.43. The summed E-state index contributed by atoms with van der Waals surface area (Å²) >= 11 is 0. The van der Waals surface area contributed by atoms with Crippen molar-refractivity contribution in [3.05, 3.63) is 0 Å². The third-order valence-electron chi connectivity index (χ3n) is 4.98. The van der Waals surface area contributed by atoms with Crippen molar-refractivity contribution < 1.29 is 9.90 Å². The molecule has 20 heavy (non-hydrogen) atoms. The number of hydrogen-bond acceptors (Lipinski definition) is 3. The highest BCUT2D eigenvalue weighted by Gasteiger charge is 2.28. The van der Waals surface area contributed by atoms with Crippen LogP contribution in [0.4, 0.5) is 0 Å². The lowest BCUT2D eigenvalue weighted by atomic mass is 9.88. The molecule has 0 aromatic heterocycles. The SMILES string of the molecule is CC(=O)NC1CCC(N[C@H]2CCCCC[C@H]2CO)CC1. The van der Waals surface area contributed by atoms with E-state index >= 15 is 0 Å². The van der Waals surface area contributed by atoms with Crippen molar-refractivity contribution in [2.45, 2.75) is 82.8 Å². The van der Waals surface area contributed by atoms with Crippen molar-refractivity contribution in [1.29, 1.82) is 0 Å². The summed E-state index contributed by atoms with van der Waals surface area (Å²) in [7, 11) is 0. The molecule has 4 nitrogen and oxygen atoms in total. The summed E-state index contributed by atoms with van der Waals surface area (Å²) in [5.74, 6) is 0.524. The van der Waals surface area contributed by atoms with Gasteiger partial charge in [-0.2, -0.15) is 0 Å². The molecule has 0 unspecified atom stereocenters. The highest BCUT2D eigenvalue weighted by Crippen LogP contribution is 2.26. The van der Waals surface area contributed by atoms with Crippen LogP contribution in [0, 0.1) is 5.92 Å². The van der Waals surface area contributed by atoms with Crippen LogP contribution in [-0.2, 0) is 4.79 Å². The zero-order valence-electron chi connectivity index (χ0n) is 12.7. The minimum Gasteiger partial charge on any atom is -0.396 e. The van der Waals surface area contributed by atoms with Crippen LogP contribution in [0.15, 0.2) is 0 Å². The van der Waals surface area contributed by atoms with Crippen LogP contribution in [0.2, 0.25) is 0 Å². The van der Waals surface area contributed by atoms with Crippen LogP contribution in [-0.4, -0.2) is 35.7 Å². The molecular formula is C16H30N2O2. The normalized spacial score (nSPS) is 35.3. The minimum absolute atomic E-state index is 0.0884. The summed E-state index contributed by atoms with van der Waals surface area (Å²) in [5.41, 5.74) is 0. The number of amides is 1. The smallest absolute Gasteiger partial charge is 0.217 e. The van der Waals surface area contributed by atoms with Gasteiger partial charge in [0.2, 0.25) is 5.91 Å². The van der Waals surface area contributed by atoms with Gasteiger partial charge in [-0.05, 0) is 44.4 Å². The first-order valence-electron chi connectivity index (χ1n) is 8.33. The zero-order valence-corrected chi connectivity index (χ0v) is 12.7. The summed E-state index contributed by atoms with van der Waals surface area (Å²) < 4.78 is 0. The second-order valence-electron chi connectivity index (χ2n) is 6.60. The Hall–Kier alpha value is -0.610. The molecule has 2 aliphatic rings. The molecule has 2 fully saturated rings. The van der Waals surface area contributed by atoms with Gasteiger partial charge < -0.3 is 15.7 Å². The molecule has 1 amide bonds. The van der Waals surface area contributed by atoms with E-state index in [9.17, 15) is 9.90 Å². The molecule has 0 aliphatic heterocycles. The molecule has 0 bridgehead atoms. The van der Waals surface area contributed by atoms with Crippen molar-refractivity contribution in [2.24, 2.45) is 5.92 Å². The topological polar surface area (TPSA) is 61.4 Å². The molecule has 116 valence electrons. The Kier molecular flexibility index (Phi) is 6.30. The van der Waals surface area contributed by atoms with E-state index in [4.69, 9.17) is 0 Å². The number of hydrogen-bond donors (Lipinski definition) is 3. The van der Waals surface area contributed by atoms with E-state index in [-0.39, 0.29) is 5.91 Å². The Morgan fingerprint density at radius 1 is 1.00 bits per heavy atom. The molecular weight excluding hydrogens is 252 g/mol. The van der Waals surface area contributed by atoms with Crippen LogP contribution in [0.3, 0.4) is 0 Å². The van der Waals surface area contributed by atoms with Crippen molar-refractivity contribution in [1.82, 2.24) is 10.6 Å². The molecule has 3 N–H and O–H groups in total. The zero-order chi connectivity index (χ0) is 14.4. The van der Waals surface area contributed by atoms with Crippen LogP contribution >= 0.6 is 0 Å². The Bertz CT molecular complexity index is 301. The minimum atomic E-state index is 0.0884. The van der Waals surface area contributed by atoms with Crippen LogP contribution in [0.5, 0.6) is 0 Å². The average molecular weight is 282 g/mol. The van der Waals surface area contributed by atoms with Crippen LogP contribution in [0.1, 0.15) is 64.7 Å². The molecule has 2 saturated carbocycles. The lowest BCUT2D eigenvalue weighted by Gasteiger charge is -2.34. The number of carbonyl (C=O) groups is 1. The summed E-state index contributed by atoms with van der Waals surface area (Å²) in [6.45, 7) is 1.92. The van der Waals surface area contributed by atoms with Crippen molar-refractivity contribution in [3.8, 4) is 0 Å². The van der Waals surface area contributed by atoms with Gasteiger partial charge in [0.15, 0.2) is 0 Å². The Morgan fingerprint density at radius 2 is 1.65 bits per heavy atom. The van der Waals surface area contributed by atoms with Gasteiger partial charge >= 0.3 is 0 Å². The van der Waals surface area contributed by atoms with Crippen LogP contribution in [0.25, 0.3) is 0 Å². The number of aliphatic hydroxyl groups excluding tert-OH is 1. The predicted octanol–water partition coefficient (Wildman–Crippen LogP) is 1.96. The van der Waals surface area contributed by atoms with Gasteiger partial charge in [-0.15, -0.1) is 0 Å². The Balaban J connectivity index is 1.77. The maximum atomic E-state index is 11.1. The number of carbonyl (C=O) groups excluding carboxylic acids is 1. The van der Waals surface area contributed by atoms with Crippen molar-refractivity contribution >= 4 is 5.91 Å². The van der Waals surface area contributed by atoms with Gasteiger partial charge in [-0.1, -0.05) is 19.3 Å². The monoisotopic (exact) mass is 282 g/mol. The van der Waals surface area contributed by atoms with E-state index in [1.807, 2.05) is 0 Å². The lowest BCUT2D eigenvalue weighted by Crippen LogP contribution is -2.47. The fraction of sp³-hybridized carbons (Fsp3) is 0.938. The van der Waals surface area contributed by atoms with Gasteiger partial charge in [-0.3, -0.25) is 4.79 Å². The average Bonchev–Trinajstić information content (AvgIpc) is 2.65. The molecule has 2 atom stereocenters. The standard InChI is InChI=1S/C16H30N2O2/c1-12(20)17-14-7-9-15(10-8-14)18-16-6-4-2-3-5-13(16)11-19/h13-16,18-19H,2-11H2,1H3,(H,17,20)/t13-,14?,15?,16-/m0/s1. The summed E-state index contributed by atoms with van der Waals surface area (Å²) in [6.07, 6.45) is 10.7. The molecule has 0 aromatic rings. The first-order valence-corrected chi connectivity index (χ1v) is 8.33. The quantitative estimate of drug-likeness (QED) is 0.691. The van der Waals surface area contributed by atoms with Gasteiger partial charge in [0.05, 0.1) is 0 Å². The molecule has 0 aromatic carbocycles. The summed E-state index contributed by atoms with van der Waals surface area (Å²) in [4.78, 5) is 11.1. The fourth-order valence-corrected chi connectivity index (χ4v) is 3.82. The van der Waals surface area contributed by atoms with Crippen LogP contribution < -0.4 is 10.6 Å². The molecule has 2 rings (SSSR count). The van der Waals surface area contributed by atoms with Crippen molar-refractivity contribution in [2.75, 3.05) is 6.61 Å². The third kappa shape index (κ3) is 4.74. The van der Waals surface area contributed by atoms with E-state index in [1.165, 1.54) is 25.7 Å². The molecule has 2 aliphatic carbocycles. The predicted molar refractivity (Wildman–Crippen MR) is 80.4 cm³/mol. The number of rotatable bonds is 4. The van der Waals surface area contributed by atoms with Gasteiger partial charge in [0.25, 0.3) is 0 Å². The number of aliphatic hydroxyl groups is 1. The first-order chi connectivity index (χ1) is 9.69. The highest BCUT2D eigenvalue weighted by atomic mass is 16.3. The molecule has 0 heterocycles. The molecule has 0 spiro atoms. The van der Waals surface area contributed by atoms with E-state index < -0.39 is 0 Å². The van der Waals surface area contributed by atoms with Gasteiger partial charge in [-0.25, -0.2) is 0 Å². The molecule has 0 radical (unpaired) electrons. The Labute approximate surface area is 122 Å². The van der Waals surface area contributed by atoms with E-state index in [2.05, 4.69) is 10.6 Å². The second kappa shape index (κ2) is 7.99. The van der Waals surface area contributed by atoms with E-state index in [0.717, 1.165) is 32.1 Å². The van der Waals surface area contributed by atoms with E-state index in [0.29, 0.717) is 30.7 Å². The summed E-state index contributed by atoms with van der Waals surface area (Å²) in [5, 5.41) is 16.4. The fourth-order valence-electron chi connectivity index (χ4n) is 3.82. The third-order valence-corrected chi connectivity index (χ3v) is 4.98. The van der Waals surface area contributed by atoms with E-state index in [1.54, 1.807) is 6.92 Å².